The molecule has 136 valence electrons. The van der Waals surface area contributed by atoms with Crippen molar-refractivity contribution in [1.82, 2.24) is 0 Å². The summed E-state index contributed by atoms with van der Waals surface area (Å²) in [7, 11) is 4.02. The van der Waals surface area contributed by atoms with Crippen LogP contribution in [0, 0.1) is 0 Å². The number of benzene rings is 2. The van der Waals surface area contributed by atoms with Gasteiger partial charge in [-0.05, 0) is 55.0 Å². The second-order valence-electron chi connectivity index (χ2n) is 7.05. The van der Waals surface area contributed by atoms with Gasteiger partial charge in [0.2, 0.25) is 6.21 Å². The fourth-order valence-electron chi connectivity index (χ4n) is 3.09. The molecule has 1 saturated heterocycles. The predicted molar refractivity (Wildman–Crippen MR) is 115 cm³/mol. The molecule has 2 aromatic rings. The lowest BCUT2D eigenvalue weighted by atomic mass is 10.1. The summed E-state index contributed by atoms with van der Waals surface area (Å²) in [5, 5.41) is 10.9. The Morgan fingerprint density at radius 2 is 1.73 bits per heavy atom. The summed E-state index contributed by atoms with van der Waals surface area (Å²) in [4.78, 5) is 4.07. The highest BCUT2D eigenvalue weighted by Crippen LogP contribution is 2.43. The maximum absolute atomic E-state index is 10.9. The van der Waals surface area contributed by atoms with E-state index in [0.29, 0.717) is 0 Å². The van der Waals surface area contributed by atoms with E-state index in [2.05, 4.69) is 13.8 Å². The number of para-hydroxylation sites is 1. The van der Waals surface area contributed by atoms with Crippen LogP contribution in [-0.4, -0.2) is 45.5 Å². The highest BCUT2D eigenvalue weighted by molar-refractivity contribution is 8.24. The van der Waals surface area contributed by atoms with Crippen molar-refractivity contribution in [2.75, 3.05) is 23.9 Å². The van der Waals surface area contributed by atoms with Crippen LogP contribution in [0.5, 0.6) is 0 Å². The quantitative estimate of drug-likeness (QED) is 0.279. The Morgan fingerprint density at radius 1 is 1.12 bits per heavy atom. The van der Waals surface area contributed by atoms with Crippen LogP contribution in [-0.2, 0) is 0 Å². The van der Waals surface area contributed by atoms with Crippen molar-refractivity contribution >= 4 is 45.9 Å². The zero-order chi connectivity index (χ0) is 18.9. The van der Waals surface area contributed by atoms with E-state index >= 15 is 0 Å². The zero-order valence-corrected chi connectivity index (χ0v) is 17.1. The zero-order valence-electron chi connectivity index (χ0n) is 15.5. The van der Waals surface area contributed by atoms with Crippen LogP contribution >= 0.6 is 24.0 Å². The van der Waals surface area contributed by atoms with Gasteiger partial charge in [-0.2, -0.15) is 0 Å². The number of rotatable bonds is 4. The van der Waals surface area contributed by atoms with E-state index in [0.717, 1.165) is 21.3 Å². The van der Waals surface area contributed by atoms with Crippen LogP contribution in [0.3, 0.4) is 0 Å². The fraction of sp³-hybridized carbons (Fsp3) is 0.300. The molecule has 1 heterocycles. The Morgan fingerprint density at radius 3 is 2.31 bits per heavy atom. The molecule has 1 fully saturated rings. The predicted octanol–water partition coefficient (Wildman–Crippen LogP) is 4.22. The first-order valence-electron chi connectivity index (χ1n) is 8.46. The second-order valence-corrected chi connectivity index (χ2v) is 9.33. The molecule has 0 aliphatic carbocycles. The van der Waals surface area contributed by atoms with Gasteiger partial charge >= 0.3 is 0 Å². The third kappa shape index (κ3) is 3.71. The number of hydrogen-bond acceptors (Lipinski definition) is 4. The molecule has 0 saturated carbocycles. The molecule has 0 aromatic heterocycles. The fourth-order valence-corrected chi connectivity index (χ4v) is 5.01. The van der Waals surface area contributed by atoms with E-state index in [4.69, 9.17) is 12.2 Å². The molecule has 0 spiro atoms. The number of anilines is 2. The van der Waals surface area contributed by atoms with Gasteiger partial charge in [0, 0.05) is 31.0 Å². The van der Waals surface area contributed by atoms with Gasteiger partial charge in [0.25, 0.3) is 6.17 Å². The van der Waals surface area contributed by atoms with Crippen molar-refractivity contribution in [3.05, 3.63) is 60.2 Å². The maximum Gasteiger partial charge on any atom is 0.296 e. The largest absolute Gasteiger partial charge is 0.378 e. The van der Waals surface area contributed by atoms with Crippen molar-refractivity contribution in [2.45, 2.75) is 24.8 Å². The first-order chi connectivity index (χ1) is 12.3. The number of thiocarbonyl (C=S) groups is 1. The van der Waals surface area contributed by atoms with Crippen LogP contribution in [0.25, 0.3) is 0 Å². The third-order valence-corrected chi connectivity index (χ3v) is 5.94. The molecule has 0 amide bonds. The van der Waals surface area contributed by atoms with Crippen LogP contribution in [0.1, 0.15) is 19.4 Å². The summed E-state index contributed by atoms with van der Waals surface area (Å²) in [6.07, 6.45) is 1.46. The molecule has 1 aliphatic rings. The molecule has 3 rings (SSSR count). The summed E-state index contributed by atoms with van der Waals surface area (Å²) < 4.78 is 1.78. The van der Waals surface area contributed by atoms with Crippen LogP contribution in [0.2, 0.25) is 0 Å². The molecule has 6 heteroatoms. The Balaban J connectivity index is 1.96. The van der Waals surface area contributed by atoms with Gasteiger partial charge in [-0.25, -0.2) is 0 Å². The van der Waals surface area contributed by atoms with Gasteiger partial charge in [0.15, 0.2) is 0 Å². The van der Waals surface area contributed by atoms with E-state index in [1.54, 1.807) is 18.0 Å². The molecular formula is C20H24N3OS2+. The molecule has 26 heavy (non-hydrogen) atoms. The minimum atomic E-state index is -0.295. The van der Waals surface area contributed by atoms with Gasteiger partial charge in [0.05, 0.1) is 0 Å². The Hall–Kier alpha value is -2.05. The molecule has 1 aliphatic heterocycles. The number of hydroxylamine groups is 1. The van der Waals surface area contributed by atoms with Gasteiger partial charge in [-0.1, -0.05) is 42.2 Å². The minimum absolute atomic E-state index is 0.262. The average Bonchev–Trinajstić information content (AvgIpc) is 2.84. The summed E-state index contributed by atoms with van der Waals surface area (Å²) in [6, 6.07) is 18.0. The smallest absolute Gasteiger partial charge is 0.296 e. The SMILES string of the molecule is CN(C)c1ccc(C=[N+](O)C2N(c3ccccc3)C(=S)SC2(C)C)cc1. The Kier molecular flexibility index (Phi) is 5.25. The molecule has 1 unspecified atom stereocenters. The number of nitrogens with zero attached hydrogens (tertiary/aromatic N) is 3. The number of thioether (sulfide) groups is 1. The van der Waals surface area contributed by atoms with Crippen molar-refractivity contribution in [3.63, 3.8) is 0 Å². The average molecular weight is 387 g/mol. The van der Waals surface area contributed by atoms with Gasteiger partial charge in [0.1, 0.15) is 9.07 Å². The van der Waals surface area contributed by atoms with Crippen LogP contribution in [0.4, 0.5) is 11.4 Å². The first kappa shape index (κ1) is 18.7. The lowest BCUT2D eigenvalue weighted by Gasteiger charge is -2.25. The van der Waals surface area contributed by atoms with Crippen molar-refractivity contribution in [3.8, 4) is 0 Å². The van der Waals surface area contributed by atoms with E-state index in [9.17, 15) is 5.21 Å². The van der Waals surface area contributed by atoms with Gasteiger partial charge in [-0.15, -0.1) is 0 Å². The molecule has 2 aromatic carbocycles. The van der Waals surface area contributed by atoms with Crippen LogP contribution < -0.4 is 9.80 Å². The third-order valence-electron chi connectivity index (χ3n) is 4.39. The van der Waals surface area contributed by atoms with Gasteiger partial charge in [-0.3, -0.25) is 10.1 Å². The molecular weight excluding hydrogens is 362 g/mol. The van der Waals surface area contributed by atoms with E-state index < -0.39 is 0 Å². The molecule has 4 nitrogen and oxygen atoms in total. The molecule has 0 bridgehead atoms. The molecule has 1 atom stereocenters. The minimum Gasteiger partial charge on any atom is -0.378 e. The summed E-state index contributed by atoms with van der Waals surface area (Å²) in [5.74, 6) is 0. The van der Waals surface area contributed by atoms with E-state index in [1.165, 1.54) is 4.74 Å². The summed E-state index contributed by atoms with van der Waals surface area (Å²) >= 11 is 7.22. The summed E-state index contributed by atoms with van der Waals surface area (Å²) in [5.41, 5.74) is 3.04. The first-order valence-corrected chi connectivity index (χ1v) is 9.69. The highest BCUT2D eigenvalue weighted by Gasteiger charge is 2.53. The summed E-state index contributed by atoms with van der Waals surface area (Å²) in [6.45, 7) is 4.20. The standard InChI is InChI=1S/C20H24N3OS2/c1-20(2)18(23(19(25)26-20)17-8-6-5-7-9-17)22(24)14-15-10-12-16(13-11-15)21(3)4/h5-14,18,24H,1-4H3/q+1. The number of hydrogen-bond donors (Lipinski definition) is 1. The molecule has 1 N–H and O–H groups in total. The highest BCUT2D eigenvalue weighted by atomic mass is 32.2. The van der Waals surface area contributed by atoms with E-state index in [-0.39, 0.29) is 10.9 Å². The van der Waals surface area contributed by atoms with Crippen molar-refractivity contribution in [1.29, 1.82) is 0 Å². The molecule has 0 radical (unpaired) electrons. The Labute approximate surface area is 164 Å². The van der Waals surface area contributed by atoms with Crippen LogP contribution in [0.15, 0.2) is 54.6 Å². The maximum atomic E-state index is 10.9. The lowest BCUT2D eigenvalue weighted by molar-refractivity contribution is -0.796. The van der Waals surface area contributed by atoms with Crippen molar-refractivity contribution < 1.29 is 9.95 Å². The van der Waals surface area contributed by atoms with Crippen molar-refractivity contribution in [2.24, 2.45) is 0 Å². The lowest BCUT2D eigenvalue weighted by Crippen LogP contribution is -2.49. The van der Waals surface area contributed by atoms with E-state index in [1.807, 2.05) is 78.5 Å². The normalized spacial score (nSPS) is 19.7. The second kappa shape index (κ2) is 7.29. The van der Waals surface area contributed by atoms with Gasteiger partial charge < -0.3 is 4.90 Å². The monoisotopic (exact) mass is 386 g/mol. The Bertz CT molecular complexity index is 817. The topological polar surface area (TPSA) is 29.7 Å².